The Bertz CT molecular complexity index is 1820. The number of hydrogen-bond donors (Lipinski definition) is 4. The van der Waals surface area contributed by atoms with Crippen molar-refractivity contribution in [3.05, 3.63) is 72.9 Å². The first kappa shape index (κ1) is 80.0. The topological polar surface area (TPSA) is 231 Å². The van der Waals surface area contributed by atoms with E-state index in [1.54, 1.807) is 0 Å². The number of carbonyl (C=O) groups excluding carboxylic acids is 3. The summed E-state index contributed by atoms with van der Waals surface area (Å²) in [6.45, 7) is 2.54. The lowest BCUT2D eigenvalue weighted by Gasteiger charge is -2.21. The van der Waals surface area contributed by atoms with Crippen LogP contribution in [0.25, 0.3) is 0 Å². The summed E-state index contributed by atoms with van der Waals surface area (Å²) in [6.07, 6.45) is 59.7. The molecule has 16 nitrogen and oxygen atoms in total. The largest absolute Gasteiger partial charge is 0.472 e. The van der Waals surface area contributed by atoms with Gasteiger partial charge >= 0.3 is 33.6 Å². The highest BCUT2D eigenvalue weighted by Gasteiger charge is 2.29. The van der Waals surface area contributed by atoms with Gasteiger partial charge < -0.3 is 34.2 Å². The number of aliphatic hydroxyl groups excluding tert-OH is 2. The molecule has 0 aromatic rings. The summed E-state index contributed by atoms with van der Waals surface area (Å²) < 4.78 is 60.6. The molecule has 0 amide bonds. The monoisotopic (exact) mass is 1210 g/mol. The third-order valence-corrected chi connectivity index (χ3v) is 15.3. The van der Waals surface area contributed by atoms with E-state index in [2.05, 4.69) is 93.7 Å². The number of ether oxygens (including phenoxy) is 3. The van der Waals surface area contributed by atoms with Crippen molar-refractivity contribution in [2.24, 2.45) is 0 Å². The second-order valence-electron chi connectivity index (χ2n) is 21.6. The molecule has 482 valence electrons. The minimum absolute atomic E-state index is 0.0938. The highest BCUT2D eigenvalue weighted by atomic mass is 31.2. The summed E-state index contributed by atoms with van der Waals surface area (Å²) in [5, 5.41) is 20.5. The quantitative estimate of drug-likeness (QED) is 0.0146. The van der Waals surface area contributed by atoms with Crippen LogP contribution >= 0.6 is 15.6 Å². The summed E-state index contributed by atoms with van der Waals surface area (Å²) in [7, 11) is -9.76. The van der Waals surface area contributed by atoms with Gasteiger partial charge in [0.1, 0.15) is 25.4 Å². The fourth-order valence-electron chi connectivity index (χ4n) is 8.35. The van der Waals surface area contributed by atoms with Crippen molar-refractivity contribution in [1.29, 1.82) is 0 Å². The molecule has 0 fully saturated rings. The molecule has 0 rings (SSSR count). The van der Waals surface area contributed by atoms with Crippen molar-refractivity contribution in [3.63, 3.8) is 0 Å². The lowest BCUT2D eigenvalue weighted by molar-refractivity contribution is -0.161. The molecule has 5 atom stereocenters. The molecule has 4 N–H and O–H groups in total. The standard InChI is InChI=1S/C65H116O16P2/c1-4-7-10-13-16-19-22-24-25-26-27-28-29-30-31-32-33-35-38-39-42-45-48-51-63(68)75-54-60(66)55-77-82(71,72)78-56-61(67)57-79-83(73,74)80-59-62(81-65(70)53-50-47-44-41-36-21-18-15-12-9-6-3)58-76-64(69)52-49-46-43-40-37-34-23-20-17-14-11-8-5-2/h15-16,18-20,23-25,27-28,30-31,60-62,66-67H,4-14,17,21-22,26,29,32-59H2,1-3H3,(H,71,72)(H,73,74)/b18-15-,19-16-,23-20-,25-24-,28-27-,31-30-. The van der Waals surface area contributed by atoms with Crippen molar-refractivity contribution in [3.8, 4) is 0 Å². The Morgan fingerprint density at radius 1 is 0.337 bits per heavy atom. The van der Waals surface area contributed by atoms with Crippen LogP contribution in [0.4, 0.5) is 0 Å². The van der Waals surface area contributed by atoms with Crippen LogP contribution in [0.5, 0.6) is 0 Å². The molecule has 18 heteroatoms. The van der Waals surface area contributed by atoms with Gasteiger partial charge in [0.15, 0.2) is 6.10 Å². The summed E-state index contributed by atoms with van der Waals surface area (Å²) >= 11 is 0. The third kappa shape index (κ3) is 60.5. The molecule has 0 aromatic heterocycles. The van der Waals surface area contributed by atoms with E-state index in [0.29, 0.717) is 19.3 Å². The van der Waals surface area contributed by atoms with Crippen LogP contribution in [-0.4, -0.2) is 95.9 Å². The Labute approximate surface area is 503 Å². The van der Waals surface area contributed by atoms with Gasteiger partial charge in [-0.3, -0.25) is 32.5 Å². The molecule has 0 aliphatic rings. The Morgan fingerprint density at radius 3 is 1.02 bits per heavy atom. The van der Waals surface area contributed by atoms with Gasteiger partial charge in [-0.1, -0.05) is 209 Å². The first-order chi connectivity index (χ1) is 40.2. The number of phosphoric acid groups is 2. The SMILES string of the molecule is CCCC/C=C\CCCCCCCC(=O)OC(COC(=O)CCCCCCC/C=C\CCCCCC)COP(=O)(O)OCC(O)COP(=O)(O)OCC(O)COC(=O)CCCCCCCCC/C=C\C/C=C\C/C=C\C/C=C\CCCCC. The summed E-state index contributed by atoms with van der Waals surface area (Å²) in [5.74, 6) is -1.60. The van der Waals surface area contributed by atoms with E-state index in [1.807, 2.05) is 0 Å². The fraction of sp³-hybridized carbons (Fsp3) is 0.769. The predicted molar refractivity (Wildman–Crippen MR) is 335 cm³/mol. The Morgan fingerprint density at radius 2 is 0.614 bits per heavy atom. The molecule has 0 bridgehead atoms. The van der Waals surface area contributed by atoms with E-state index in [0.717, 1.165) is 141 Å². The predicted octanol–water partition coefficient (Wildman–Crippen LogP) is 17.2. The van der Waals surface area contributed by atoms with Crippen LogP contribution in [0.3, 0.4) is 0 Å². The van der Waals surface area contributed by atoms with Gasteiger partial charge in [0.05, 0.1) is 26.4 Å². The summed E-state index contributed by atoms with van der Waals surface area (Å²) in [5.41, 5.74) is 0. The molecule has 83 heavy (non-hydrogen) atoms. The number of carbonyl (C=O) groups is 3. The van der Waals surface area contributed by atoms with Crippen LogP contribution in [-0.2, 0) is 55.8 Å². The van der Waals surface area contributed by atoms with Gasteiger partial charge in [0, 0.05) is 19.3 Å². The smallest absolute Gasteiger partial charge is 0.463 e. The minimum Gasteiger partial charge on any atom is -0.463 e. The number of aliphatic hydroxyl groups is 2. The molecule has 0 spiro atoms. The average Bonchev–Trinajstić information content (AvgIpc) is 3.46. The van der Waals surface area contributed by atoms with Crippen LogP contribution in [0.1, 0.15) is 265 Å². The molecule has 0 aliphatic carbocycles. The van der Waals surface area contributed by atoms with Crippen molar-refractivity contribution in [2.45, 2.75) is 283 Å². The van der Waals surface area contributed by atoms with E-state index in [4.69, 9.17) is 32.3 Å². The van der Waals surface area contributed by atoms with Crippen LogP contribution in [0.15, 0.2) is 72.9 Å². The molecule has 0 aromatic carbocycles. The van der Waals surface area contributed by atoms with Gasteiger partial charge in [-0.05, 0) is 109 Å². The summed E-state index contributed by atoms with van der Waals surface area (Å²) in [6, 6.07) is 0. The lowest BCUT2D eigenvalue weighted by Crippen LogP contribution is -2.30. The molecule has 5 unspecified atom stereocenters. The van der Waals surface area contributed by atoms with E-state index in [-0.39, 0.29) is 19.3 Å². The first-order valence-electron chi connectivity index (χ1n) is 32.2. The van der Waals surface area contributed by atoms with Crippen molar-refractivity contribution >= 4 is 33.6 Å². The third-order valence-electron chi connectivity index (χ3n) is 13.4. The molecule has 0 saturated carbocycles. The molecule has 0 saturated heterocycles. The second-order valence-corrected chi connectivity index (χ2v) is 24.5. The molecular weight excluding hydrogens is 1100 g/mol. The maximum atomic E-state index is 12.8. The number of esters is 3. The van der Waals surface area contributed by atoms with Crippen LogP contribution in [0.2, 0.25) is 0 Å². The zero-order valence-electron chi connectivity index (χ0n) is 51.9. The lowest BCUT2D eigenvalue weighted by atomic mass is 10.1. The zero-order valence-corrected chi connectivity index (χ0v) is 53.6. The maximum absolute atomic E-state index is 12.8. The second kappa shape index (κ2) is 59.3. The van der Waals surface area contributed by atoms with Crippen molar-refractivity contribution < 1.29 is 75.8 Å². The number of unbranched alkanes of at least 4 members (excludes halogenated alkanes) is 26. The zero-order chi connectivity index (χ0) is 61.0. The highest BCUT2D eigenvalue weighted by molar-refractivity contribution is 7.47. The van der Waals surface area contributed by atoms with E-state index in [9.17, 15) is 43.5 Å². The Hall–Kier alpha value is -3.01. The average molecular weight is 1220 g/mol. The Kier molecular flexibility index (Phi) is 57.2. The van der Waals surface area contributed by atoms with E-state index >= 15 is 0 Å². The molecule has 0 radical (unpaired) electrons. The van der Waals surface area contributed by atoms with Gasteiger partial charge in [0.25, 0.3) is 0 Å². The van der Waals surface area contributed by atoms with E-state index < -0.39 is 91.5 Å². The van der Waals surface area contributed by atoms with Crippen LogP contribution in [0, 0.1) is 0 Å². The fourth-order valence-corrected chi connectivity index (χ4v) is 9.94. The van der Waals surface area contributed by atoms with Gasteiger partial charge in [-0.25, -0.2) is 9.13 Å². The number of phosphoric ester groups is 2. The van der Waals surface area contributed by atoms with Crippen LogP contribution < -0.4 is 0 Å². The molecular formula is C65H116O16P2. The summed E-state index contributed by atoms with van der Waals surface area (Å²) in [4.78, 5) is 58.1. The number of hydrogen-bond acceptors (Lipinski definition) is 14. The van der Waals surface area contributed by atoms with Gasteiger partial charge in [0.2, 0.25) is 0 Å². The molecule has 0 heterocycles. The normalized spacial score (nSPS) is 14.8. The van der Waals surface area contributed by atoms with Crippen molar-refractivity contribution in [2.75, 3.05) is 39.6 Å². The van der Waals surface area contributed by atoms with Crippen molar-refractivity contribution in [1.82, 2.24) is 0 Å². The maximum Gasteiger partial charge on any atom is 0.472 e. The number of allylic oxidation sites excluding steroid dienone is 12. The first-order valence-corrected chi connectivity index (χ1v) is 35.2. The minimum atomic E-state index is -4.92. The van der Waals surface area contributed by atoms with E-state index in [1.165, 1.54) is 64.2 Å². The number of rotatable bonds is 61. The van der Waals surface area contributed by atoms with Gasteiger partial charge in [-0.2, -0.15) is 0 Å². The highest BCUT2D eigenvalue weighted by Crippen LogP contribution is 2.45. The van der Waals surface area contributed by atoms with Gasteiger partial charge in [-0.15, -0.1) is 0 Å². The molecule has 0 aliphatic heterocycles. The Balaban J connectivity index is 4.53.